The van der Waals surface area contributed by atoms with E-state index in [1.165, 1.54) is 19.3 Å². The Morgan fingerprint density at radius 1 is 0.974 bits per heavy atom. The summed E-state index contributed by atoms with van der Waals surface area (Å²) < 4.78 is 57.0. The van der Waals surface area contributed by atoms with Gasteiger partial charge in [0.1, 0.15) is 5.82 Å². The molecule has 4 rings (SSSR count). The molecule has 1 heterocycles. The molecule has 200 valence electrons. The number of nitrogens with zero attached hydrogens (tertiary/aromatic N) is 3. The number of aromatic nitrogens is 3. The largest absolute Gasteiger partial charge is 0.493 e. The molecule has 2 aromatic carbocycles. The van der Waals surface area contributed by atoms with Gasteiger partial charge in [-0.1, -0.05) is 43.4 Å². The second-order valence-corrected chi connectivity index (χ2v) is 8.95. The Kier molecular flexibility index (Phi) is 7.89. The van der Waals surface area contributed by atoms with Crippen LogP contribution in [0.5, 0.6) is 11.5 Å². The van der Waals surface area contributed by atoms with Crippen molar-refractivity contribution >= 4 is 5.97 Å². The summed E-state index contributed by atoms with van der Waals surface area (Å²) in [5, 5.41) is 4.72. The van der Waals surface area contributed by atoms with Gasteiger partial charge < -0.3 is 14.2 Å². The van der Waals surface area contributed by atoms with Crippen molar-refractivity contribution in [3.05, 3.63) is 94.6 Å². The Balaban J connectivity index is 1.67. The number of esters is 1. The highest BCUT2D eigenvalue weighted by molar-refractivity contribution is 5.89. The van der Waals surface area contributed by atoms with E-state index in [2.05, 4.69) is 0 Å². The number of hydrogen-bond donors (Lipinski definition) is 0. The monoisotopic (exact) mass is 527 g/mol. The molecule has 7 nitrogen and oxygen atoms in total. The van der Waals surface area contributed by atoms with Gasteiger partial charge in [-0.2, -0.15) is 18.3 Å². The van der Waals surface area contributed by atoms with Crippen molar-refractivity contribution in [3.63, 3.8) is 0 Å². The maximum absolute atomic E-state index is 13.3. The Morgan fingerprint density at radius 2 is 1.66 bits per heavy atom. The minimum atomic E-state index is -4.42. The van der Waals surface area contributed by atoms with Gasteiger partial charge in [0.15, 0.2) is 17.3 Å². The summed E-state index contributed by atoms with van der Waals surface area (Å²) in [4.78, 5) is 16.5. The second-order valence-electron chi connectivity index (χ2n) is 8.95. The maximum Gasteiger partial charge on any atom is 0.416 e. The van der Waals surface area contributed by atoms with E-state index in [1.54, 1.807) is 56.2 Å². The predicted molar refractivity (Wildman–Crippen MR) is 134 cm³/mol. The molecule has 0 saturated heterocycles. The van der Waals surface area contributed by atoms with E-state index in [4.69, 9.17) is 24.3 Å². The molecule has 10 heteroatoms. The van der Waals surface area contributed by atoms with Crippen LogP contribution in [0.4, 0.5) is 13.2 Å². The third-order valence-electron chi connectivity index (χ3n) is 6.36. The van der Waals surface area contributed by atoms with Crippen molar-refractivity contribution in [2.75, 3.05) is 21.3 Å². The maximum atomic E-state index is 13.3. The fourth-order valence-electron chi connectivity index (χ4n) is 4.38. The fraction of sp³-hybridized carbons (Fsp3) is 0.321. The van der Waals surface area contributed by atoms with Crippen LogP contribution >= 0.6 is 0 Å². The molecule has 1 aromatic heterocycles. The van der Waals surface area contributed by atoms with Crippen molar-refractivity contribution < 1.29 is 32.2 Å². The molecule has 0 fully saturated rings. The van der Waals surface area contributed by atoms with Crippen molar-refractivity contribution in [2.45, 2.75) is 32.0 Å². The van der Waals surface area contributed by atoms with Gasteiger partial charge in [0.25, 0.3) is 0 Å². The fourth-order valence-corrected chi connectivity index (χ4v) is 4.38. The molecule has 1 aliphatic rings. The average molecular weight is 528 g/mol. The highest BCUT2D eigenvalue weighted by Gasteiger charge is 2.35. The Bertz CT molecular complexity index is 1360. The first kappa shape index (κ1) is 27.0. The summed E-state index contributed by atoms with van der Waals surface area (Å²) in [6.45, 7) is 1.73. The van der Waals surface area contributed by atoms with Crippen LogP contribution in [-0.2, 0) is 17.6 Å². The summed E-state index contributed by atoms with van der Waals surface area (Å²) >= 11 is 0. The van der Waals surface area contributed by atoms with Gasteiger partial charge in [0, 0.05) is 18.8 Å². The average Bonchev–Trinajstić information content (AvgIpc) is 3.29. The molecule has 3 aromatic rings. The van der Waals surface area contributed by atoms with E-state index in [9.17, 15) is 18.0 Å². The van der Waals surface area contributed by atoms with Crippen molar-refractivity contribution in [1.29, 1.82) is 0 Å². The van der Waals surface area contributed by atoms with Gasteiger partial charge in [-0.3, -0.25) is 0 Å². The number of methoxy groups -OCH3 is 3. The third-order valence-corrected chi connectivity index (χ3v) is 6.36. The van der Waals surface area contributed by atoms with Gasteiger partial charge in [-0.15, -0.1) is 0 Å². The molecule has 0 aliphatic heterocycles. The highest BCUT2D eigenvalue weighted by atomic mass is 19.4. The highest BCUT2D eigenvalue weighted by Crippen LogP contribution is 2.36. The molecular weight excluding hydrogens is 499 g/mol. The lowest BCUT2D eigenvalue weighted by Crippen LogP contribution is -2.23. The molecule has 0 saturated carbocycles. The van der Waals surface area contributed by atoms with Gasteiger partial charge in [0.2, 0.25) is 0 Å². The summed E-state index contributed by atoms with van der Waals surface area (Å²) in [5.74, 6) is 1.38. The second kappa shape index (κ2) is 11.1. The van der Waals surface area contributed by atoms with E-state index >= 15 is 0 Å². The van der Waals surface area contributed by atoms with Crippen LogP contribution in [-0.4, -0.2) is 48.2 Å². The SMILES string of the molecule is COC(=O)c1ccc(Cc2nc(Cc3ccc(OC)c(OC)c3)nn2C2C=CC(C(F)(F)F)=CC2C)cc1. The molecule has 38 heavy (non-hydrogen) atoms. The molecule has 0 bridgehead atoms. The number of carbonyl (C=O) groups excluding carboxylic acids is 1. The number of allylic oxidation sites excluding steroid dienone is 4. The lowest BCUT2D eigenvalue weighted by molar-refractivity contribution is -0.0890. The smallest absolute Gasteiger partial charge is 0.416 e. The van der Waals surface area contributed by atoms with Crippen LogP contribution in [0.15, 0.2) is 66.3 Å². The van der Waals surface area contributed by atoms with Gasteiger partial charge in [-0.25, -0.2) is 14.5 Å². The molecule has 2 atom stereocenters. The number of benzene rings is 2. The van der Waals surface area contributed by atoms with Crippen LogP contribution in [0.3, 0.4) is 0 Å². The first-order valence-corrected chi connectivity index (χ1v) is 11.9. The number of hydrogen-bond acceptors (Lipinski definition) is 6. The quantitative estimate of drug-likeness (QED) is 0.360. The molecular formula is C28H28F3N3O4. The number of halogens is 3. The summed E-state index contributed by atoms with van der Waals surface area (Å²) in [7, 11) is 4.43. The minimum absolute atomic E-state index is 0.368. The predicted octanol–water partition coefficient (Wildman–Crippen LogP) is 5.50. The van der Waals surface area contributed by atoms with Crippen molar-refractivity contribution in [3.8, 4) is 11.5 Å². The topological polar surface area (TPSA) is 75.5 Å². The Morgan fingerprint density at radius 3 is 2.26 bits per heavy atom. The first-order chi connectivity index (χ1) is 18.1. The number of alkyl halides is 3. The normalized spacial score (nSPS) is 17.2. The van der Waals surface area contributed by atoms with Crippen LogP contribution in [0.1, 0.15) is 46.1 Å². The van der Waals surface area contributed by atoms with Gasteiger partial charge >= 0.3 is 12.1 Å². The van der Waals surface area contributed by atoms with E-state index in [0.29, 0.717) is 41.6 Å². The molecule has 0 radical (unpaired) electrons. The zero-order valence-electron chi connectivity index (χ0n) is 21.5. The first-order valence-electron chi connectivity index (χ1n) is 11.9. The van der Waals surface area contributed by atoms with Crippen molar-refractivity contribution in [2.24, 2.45) is 5.92 Å². The molecule has 1 aliphatic carbocycles. The zero-order valence-corrected chi connectivity index (χ0v) is 21.5. The van der Waals surface area contributed by atoms with E-state index < -0.39 is 29.7 Å². The van der Waals surface area contributed by atoms with E-state index in [0.717, 1.165) is 17.2 Å². The Hall–Kier alpha value is -4.08. The van der Waals surface area contributed by atoms with Crippen molar-refractivity contribution in [1.82, 2.24) is 14.8 Å². The van der Waals surface area contributed by atoms with Crippen LogP contribution < -0.4 is 9.47 Å². The molecule has 2 unspecified atom stereocenters. The minimum Gasteiger partial charge on any atom is -0.493 e. The molecule has 0 spiro atoms. The standard InChI is InChI=1S/C28H28F3N3O4/c1-17-13-21(28(29,30)31)10-11-22(17)34-26(16-18-5-8-20(9-6-18)27(35)38-4)32-25(33-34)15-19-7-12-23(36-2)24(14-19)37-3/h5-14,17,22H,15-16H2,1-4H3. The molecule has 0 N–H and O–H groups in total. The lowest BCUT2D eigenvalue weighted by atomic mass is 9.92. The van der Waals surface area contributed by atoms with Crippen LogP contribution in [0.2, 0.25) is 0 Å². The summed E-state index contributed by atoms with van der Waals surface area (Å²) in [6.07, 6.45) is 0.168. The number of rotatable bonds is 8. The summed E-state index contributed by atoms with van der Waals surface area (Å²) in [5.41, 5.74) is 1.50. The Labute approximate surface area is 218 Å². The van der Waals surface area contributed by atoms with E-state index in [1.807, 2.05) is 12.1 Å². The van der Waals surface area contributed by atoms with E-state index in [-0.39, 0.29) is 0 Å². The zero-order chi connectivity index (χ0) is 27.4. The van der Waals surface area contributed by atoms with Gasteiger partial charge in [0.05, 0.1) is 38.5 Å². The van der Waals surface area contributed by atoms with Gasteiger partial charge in [-0.05, 0) is 35.4 Å². The van der Waals surface area contributed by atoms with Crippen LogP contribution in [0.25, 0.3) is 0 Å². The lowest BCUT2D eigenvalue weighted by Gasteiger charge is -2.25. The number of ether oxygens (including phenoxy) is 3. The molecule has 0 amide bonds. The summed E-state index contributed by atoms with van der Waals surface area (Å²) in [6, 6.07) is 12.0. The third kappa shape index (κ3) is 5.90. The number of carbonyl (C=O) groups is 1. The van der Waals surface area contributed by atoms with Crippen LogP contribution in [0, 0.1) is 5.92 Å².